The van der Waals surface area contributed by atoms with E-state index in [1.807, 2.05) is 48.5 Å². The number of para-hydroxylation sites is 1. The lowest BCUT2D eigenvalue weighted by Crippen LogP contribution is -1.98. The predicted molar refractivity (Wildman–Crippen MR) is 99.2 cm³/mol. The fourth-order valence-electron chi connectivity index (χ4n) is 2.69. The van der Waals surface area contributed by atoms with Crippen molar-refractivity contribution < 1.29 is 4.92 Å². The Morgan fingerprint density at radius 3 is 2.62 bits per heavy atom. The van der Waals surface area contributed by atoms with Crippen molar-refractivity contribution in [2.45, 2.75) is 0 Å². The van der Waals surface area contributed by atoms with Crippen molar-refractivity contribution >= 4 is 28.7 Å². The monoisotopic (exact) mass is 346 g/mol. The van der Waals surface area contributed by atoms with Crippen LogP contribution in [0.2, 0.25) is 0 Å². The maximum absolute atomic E-state index is 11.2. The number of nitro groups is 1. The third kappa shape index (κ3) is 2.80. The summed E-state index contributed by atoms with van der Waals surface area (Å²) in [6, 6.07) is 19.7. The van der Waals surface area contributed by atoms with Crippen molar-refractivity contribution in [2.24, 2.45) is 0 Å². The van der Waals surface area contributed by atoms with E-state index >= 15 is 0 Å². The van der Waals surface area contributed by atoms with Crippen LogP contribution in [0.5, 0.6) is 0 Å². The van der Waals surface area contributed by atoms with Gasteiger partial charge in [0.25, 0.3) is 5.69 Å². The molecule has 3 N–H and O–H groups in total. The maximum Gasteiger partial charge on any atom is 0.292 e. The minimum absolute atomic E-state index is 0.121. The molecule has 2 aromatic carbocycles. The van der Waals surface area contributed by atoms with E-state index in [4.69, 9.17) is 5.73 Å². The molecule has 4 rings (SSSR count). The van der Waals surface area contributed by atoms with Crippen LogP contribution in [0, 0.1) is 10.1 Å². The summed E-state index contributed by atoms with van der Waals surface area (Å²) in [4.78, 5) is 15.1. The van der Waals surface area contributed by atoms with Gasteiger partial charge in [0.15, 0.2) is 5.65 Å². The molecule has 2 heterocycles. The van der Waals surface area contributed by atoms with E-state index in [-0.39, 0.29) is 11.4 Å². The largest absolute Gasteiger partial charge is 0.393 e. The zero-order valence-corrected chi connectivity index (χ0v) is 13.5. The van der Waals surface area contributed by atoms with Gasteiger partial charge in [-0.1, -0.05) is 30.3 Å². The number of rotatable bonds is 4. The van der Waals surface area contributed by atoms with E-state index in [1.54, 1.807) is 10.6 Å². The molecule has 0 aliphatic rings. The van der Waals surface area contributed by atoms with Crippen molar-refractivity contribution in [3.63, 3.8) is 0 Å². The molecule has 26 heavy (non-hydrogen) atoms. The van der Waals surface area contributed by atoms with Crippen molar-refractivity contribution in [3.05, 3.63) is 76.8 Å². The normalized spacial score (nSPS) is 10.8. The molecule has 0 saturated carbocycles. The second-order valence-electron chi connectivity index (χ2n) is 5.64. The molecule has 0 radical (unpaired) electrons. The van der Waals surface area contributed by atoms with Crippen molar-refractivity contribution in [1.82, 2.24) is 14.6 Å². The first-order valence-corrected chi connectivity index (χ1v) is 7.84. The number of nitrogen functional groups attached to an aromatic ring is 1. The Balaban J connectivity index is 1.79. The molecule has 0 amide bonds. The van der Waals surface area contributed by atoms with Crippen LogP contribution in [0.3, 0.4) is 0 Å². The van der Waals surface area contributed by atoms with E-state index in [9.17, 15) is 10.1 Å². The molecule has 8 nitrogen and oxygen atoms in total. The third-order valence-electron chi connectivity index (χ3n) is 3.91. The number of anilines is 3. The summed E-state index contributed by atoms with van der Waals surface area (Å²) in [6.45, 7) is 0. The Morgan fingerprint density at radius 1 is 1.04 bits per heavy atom. The van der Waals surface area contributed by atoms with Crippen LogP contribution in [0.15, 0.2) is 66.7 Å². The molecule has 0 aliphatic heterocycles. The van der Waals surface area contributed by atoms with Crippen LogP contribution in [0.4, 0.5) is 23.0 Å². The summed E-state index contributed by atoms with van der Waals surface area (Å²) in [5.41, 5.74) is 8.48. The molecule has 4 aromatic rings. The second kappa shape index (κ2) is 6.17. The summed E-state index contributed by atoms with van der Waals surface area (Å²) < 4.78 is 1.64. The molecular formula is C18H14N6O2. The average molecular weight is 346 g/mol. The van der Waals surface area contributed by atoms with Gasteiger partial charge in [0.1, 0.15) is 5.69 Å². The van der Waals surface area contributed by atoms with E-state index in [0.717, 1.165) is 5.69 Å². The van der Waals surface area contributed by atoms with Crippen molar-refractivity contribution in [3.8, 4) is 11.3 Å². The molecule has 0 aliphatic carbocycles. The van der Waals surface area contributed by atoms with Crippen LogP contribution in [-0.4, -0.2) is 19.5 Å². The number of nitrogens with one attached hydrogen (secondary N) is 1. The van der Waals surface area contributed by atoms with Crippen LogP contribution in [0.1, 0.15) is 0 Å². The first kappa shape index (κ1) is 15.6. The minimum atomic E-state index is -0.497. The van der Waals surface area contributed by atoms with Gasteiger partial charge in [-0.3, -0.25) is 10.1 Å². The predicted octanol–water partition coefficient (Wildman–Crippen LogP) is 3.63. The summed E-state index contributed by atoms with van der Waals surface area (Å²) in [7, 11) is 0. The second-order valence-corrected chi connectivity index (χ2v) is 5.64. The highest BCUT2D eigenvalue weighted by Gasteiger charge is 2.15. The maximum atomic E-state index is 11.2. The van der Waals surface area contributed by atoms with Gasteiger partial charge in [-0.25, -0.2) is 4.52 Å². The van der Waals surface area contributed by atoms with Crippen LogP contribution >= 0.6 is 0 Å². The van der Waals surface area contributed by atoms with Gasteiger partial charge in [0.2, 0.25) is 5.95 Å². The van der Waals surface area contributed by atoms with Gasteiger partial charge in [0.05, 0.1) is 10.6 Å². The van der Waals surface area contributed by atoms with E-state index in [1.165, 1.54) is 12.1 Å². The molecule has 2 aromatic heterocycles. The number of hydrogen-bond acceptors (Lipinski definition) is 6. The Hall–Kier alpha value is -3.94. The molecule has 0 atom stereocenters. The number of benzene rings is 2. The van der Waals surface area contributed by atoms with Crippen LogP contribution < -0.4 is 11.1 Å². The number of fused-ring (bicyclic) bond motifs is 1. The lowest BCUT2D eigenvalue weighted by atomic mass is 10.1. The molecular weight excluding hydrogens is 332 g/mol. The smallest absolute Gasteiger partial charge is 0.292 e. The number of aromatic nitrogens is 3. The lowest BCUT2D eigenvalue weighted by molar-refractivity contribution is -0.383. The molecule has 0 saturated heterocycles. The van der Waals surface area contributed by atoms with Crippen molar-refractivity contribution in [2.75, 3.05) is 11.1 Å². The Morgan fingerprint density at radius 2 is 1.85 bits per heavy atom. The number of nitro benzene ring substituents is 1. The van der Waals surface area contributed by atoms with Gasteiger partial charge >= 0.3 is 0 Å². The number of nitrogens with zero attached hydrogens (tertiary/aromatic N) is 4. The zero-order chi connectivity index (χ0) is 18.1. The first-order valence-electron chi connectivity index (χ1n) is 7.84. The topological polar surface area (TPSA) is 111 Å². The highest BCUT2D eigenvalue weighted by Crippen LogP contribution is 2.29. The molecule has 0 fully saturated rings. The van der Waals surface area contributed by atoms with Gasteiger partial charge in [-0.2, -0.15) is 4.98 Å². The number of hydrogen-bond donors (Lipinski definition) is 2. The highest BCUT2D eigenvalue weighted by molar-refractivity contribution is 5.72. The van der Waals surface area contributed by atoms with E-state index in [2.05, 4.69) is 15.4 Å². The van der Waals surface area contributed by atoms with Gasteiger partial charge < -0.3 is 11.1 Å². The van der Waals surface area contributed by atoms with E-state index < -0.39 is 4.92 Å². The summed E-state index contributed by atoms with van der Waals surface area (Å²) >= 11 is 0. The third-order valence-corrected chi connectivity index (χ3v) is 3.91. The minimum Gasteiger partial charge on any atom is -0.393 e. The quantitative estimate of drug-likeness (QED) is 0.331. The fraction of sp³-hybridized carbons (Fsp3) is 0. The summed E-state index contributed by atoms with van der Waals surface area (Å²) in [5, 5.41) is 18.8. The standard InChI is InChI=1S/C18H14N6O2/c19-14-10-9-12(11-16(14)24(25)26)15-7-4-8-17-21-18(22-23(15)17)20-13-5-2-1-3-6-13/h1-11H,19H2,(H,20,22). The first-order chi connectivity index (χ1) is 12.6. The fourth-order valence-corrected chi connectivity index (χ4v) is 2.69. The van der Waals surface area contributed by atoms with Crippen LogP contribution in [0.25, 0.3) is 16.9 Å². The SMILES string of the molecule is Nc1ccc(-c2cccc3nc(Nc4ccccc4)nn23)cc1[N+](=O)[O-]. The number of nitrogens with two attached hydrogens (primary N) is 1. The summed E-state index contributed by atoms with van der Waals surface area (Å²) in [6.07, 6.45) is 0. The Labute approximate surface area is 148 Å². The molecule has 0 bridgehead atoms. The van der Waals surface area contributed by atoms with Crippen LogP contribution in [-0.2, 0) is 0 Å². The molecule has 128 valence electrons. The Bertz CT molecular complexity index is 1110. The molecule has 8 heteroatoms. The van der Waals surface area contributed by atoms with E-state index in [0.29, 0.717) is 22.9 Å². The van der Waals surface area contributed by atoms with Gasteiger partial charge in [0, 0.05) is 17.3 Å². The number of pyridine rings is 1. The van der Waals surface area contributed by atoms with Gasteiger partial charge in [-0.05, 0) is 30.3 Å². The van der Waals surface area contributed by atoms with Crippen molar-refractivity contribution in [1.29, 1.82) is 0 Å². The Kier molecular flexibility index (Phi) is 3.70. The average Bonchev–Trinajstić information content (AvgIpc) is 3.05. The van der Waals surface area contributed by atoms with Gasteiger partial charge in [-0.15, -0.1) is 5.10 Å². The highest BCUT2D eigenvalue weighted by atomic mass is 16.6. The summed E-state index contributed by atoms with van der Waals surface area (Å²) in [5.74, 6) is 0.439. The zero-order valence-electron chi connectivity index (χ0n) is 13.5. The molecule has 0 unspecified atom stereocenters. The molecule has 0 spiro atoms. The lowest BCUT2D eigenvalue weighted by Gasteiger charge is -2.05.